The Hall–Kier alpha value is -1.21. The summed E-state index contributed by atoms with van der Waals surface area (Å²) in [7, 11) is 0. The van der Waals surface area contributed by atoms with Crippen molar-refractivity contribution in [1.82, 2.24) is 4.98 Å². The molecule has 1 aromatic rings. The van der Waals surface area contributed by atoms with Gasteiger partial charge in [-0.3, -0.25) is 10.1 Å². The molecule has 17 heavy (non-hydrogen) atoms. The highest BCUT2D eigenvalue weighted by atomic mass is 79.9. The summed E-state index contributed by atoms with van der Waals surface area (Å²) in [5.41, 5.74) is 6.46. The van der Waals surface area contributed by atoms with E-state index in [1.54, 1.807) is 6.92 Å². The van der Waals surface area contributed by atoms with Crippen molar-refractivity contribution in [3.8, 4) is 0 Å². The smallest absolute Gasteiger partial charge is 0.291 e. The van der Waals surface area contributed by atoms with Crippen LogP contribution in [-0.2, 0) is 0 Å². The fourth-order valence-electron chi connectivity index (χ4n) is 1.94. The molecule has 0 spiro atoms. The SMILES string of the molecule is Cc1c([N+](=O)[O-])cnc(N2CCC(N)C2)c1Br. The first kappa shape index (κ1) is 12.3. The summed E-state index contributed by atoms with van der Waals surface area (Å²) in [6.45, 7) is 3.29. The third-order valence-corrected chi connectivity index (χ3v) is 3.89. The number of pyridine rings is 1. The molecule has 2 N–H and O–H groups in total. The zero-order valence-corrected chi connectivity index (χ0v) is 11.0. The van der Waals surface area contributed by atoms with Gasteiger partial charge < -0.3 is 10.6 Å². The van der Waals surface area contributed by atoms with Crippen molar-refractivity contribution in [1.29, 1.82) is 0 Å². The molecule has 0 saturated carbocycles. The van der Waals surface area contributed by atoms with Gasteiger partial charge in [-0.2, -0.15) is 0 Å². The lowest BCUT2D eigenvalue weighted by Crippen LogP contribution is -2.27. The highest BCUT2D eigenvalue weighted by molar-refractivity contribution is 9.10. The van der Waals surface area contributed by atoms with Crippen LogP contribution in [0.1, 0.15) is 12.0 Å². The number of nitrogens with zero attached hydrogens (tertiary/aromatic N) is 3. The number of hydrogen-bond donors (Lipinski definition) is 1. The van der Waals surface area contributed by atoms with E-state index in [2.05, 4.69) is 20.9 Å². The summed E-state index contributed by atoms with van der Waals surface area (Å²) in [5, 5.41) is 10.8. The van der Waals surface area contributed by atoms with Crippen molar-refractivity contribution < 1.29 is 4.92 Å². The second kappa shape index (κ2) is 4.58. The number of aromatic nitrogens is 1. The lowest BCUT2D eigenvalue weighted by molar-refractivity contribution is -0.385. The van der Waals surface area contributed by atoms with Gasteiger partial charge in [0, 0.05) is 24.7 Å². The molecule has 6 nitrogen and oxygen atoms in total. The molecule has 0 amide bonds. The fourth-order valence-corrected chi connectivity index (χ4v) is 2.50. The van der Waals surface area contributed by atoms with E-state index in [4.69, 9.17) is 5.73 Å². The maximum atomic E-state index is 10.8. The Labute approximate surface area is 107 Å². The highest BCUT2D eigenvalue weighted by Gasteiger charge is 2.25. The molecule has 2 heterocycles. The van der Waals surface area contributed by atoms with Crippen molar-refractivity contribution in [2.75, 3.05) is 18.0 Å². The number of nitro groups is 1. The first-order valence-corrected chi connectivity index (χ1v) is 6.10. The average molecular weight is 301 g/mol. The molecule has 1 aliphatic rings. The third-order valence-electron chi connectivity index (χ3n) is 2.94. The standard InChI is InChI=1S/C10H13BrN4O2/c1-6-8(15(16)17)4-13-10(9(6)11)14-3-2-7(12)5-14/h4,7H,2-3,5,12H2,1H3. The maximum absolute atomic E-state index is 10.8. The van der Waals surface area contributed by atoms with Gasteiger partial charge >= 0.3 is 0 Å². The number of anilines is 1. The van der Waals surface area contributed by atoms with Crippen LogP contribution in [0.15, 0.2) is 10.7 Å². The van der Waals surface area contributed by atoms with Gasteiger partial charge in [0.25, 0.3) is 5.69 Å². The highest BCUT2D eigenvalue weighted by Crippen LogP contribution is 2.33. The Balaban J connectivity index is 2.37. The quantitative estimate of drug-likeness (QED) is 0.662. The molecule has 0 aliphatic carbocycles. The zero-order chi connectivity index (χ0) is 12.6. The molecule has 1 fully saturated rings. The second-order valence-corrected chi connectivity index (χ2v) is 4.95. The molecular formula is C10H13BrN4O2. The molecular weight excluding hydrogens is 288 g/mol. The average Bonchev–Trinajstić information content (AvgIpc) is 2.68. The topological polar surface area (TPSA) is 85.3 Å². The van der Waals surface area contributed by atoms with E-state index < -0.39 is 4.92 Å². The summed E-state index contributed by atoms with van der Waals surface area (Å²) >= 11 is 3.38. The van der Waals surface area contributed by atoms with Crippen LogP contribution < -0.4 is 10.6 Å². The maximum Gasteiger partial charge on any atom is 0.291 e. The minimum atomic E-state index is -0.424. The van der Waals surface area contributed by atoms with Crippen molar-refractivity contribution in [3.05, 3.63) is 26.3 Å². The van der Waals surface area contributed by atoms with Gasteiger partial charge in [-0.25, -0.2) is 4.98 Å². The van der Waals surface area contributed by atoms with Crippen molar-refractivity contribution >= 4 is 27.4 Å². The van der Waals surface area contributed by atoms with Gasteiger partial charge in [-0.15, -0.1) is 0 Å². The van der Waals surface area contributed by atoms with Gasteiger partial charge in [0.2, 0.25) is 0 Å². The molecule has 2 rings (SSSR count). The lowest BCUT2D eigenvalue weighted by atomic mass is 10.2. The summed E-state index contributed by atoms with van der Waals surface area (Å²) in [6.07, 6.45) is 2.23. The summed E-state index contributed by atoms with van der Waals surface area (Å²) in [4.78, 5) is 16.6. The van der Waals surface area contributed by atoms with E-state index >= 15 is 0 Å². The van der Waals surface area contributed by atoms with Gasteiger partial charge in [0.1, 0.15) is 12.0 Å². The van der Waals surface area contributed by atoms with Gasteiger partial charge in [-0.1, -0.05) is 0 Å². The third kappa shape index (κ3) is 2.25. The van der Waals surface area contributed by atoms with Crippen LogP contribution in [-0.4, -0.2) is 29.0 Å². The molecule has 1 unspecified atom stereocenters. The van der Waals surface area contributed by atoms with Crippen molar-refractivity contribution in [2.45, 2.75) is 19.4 Å². The number of halogens is 1. The monoisotopic (exact) mass is 300 g/mol. The van der Waals surface area contributed by atoms with E-state index in [1.807, 2.05) is 4.90 Å². The van der Waals surface area contributed by atoms with Crippen molar-refractivity contribution in [2.24, 2.45) is 5.73 Å². The number of hydrogen-bond acceptors (Lipinski definition) is 5. The molecule has 0 bridgehead atoms. The Morgan fingerprint density at radius 2 is 2.41 bits per heavy atom. The van der Waals surface area contributed by atoms with E-state index in [0.717, 1.165) is 25.3 Å². The van der Waals surface area contributed by atoms with Gasteiger partial charge in [-0.05, 0) is 29.3 Å². The predicted molar refractivity (Wildman–Crippen MR) is 68.1 cm³/mol. The molecule has 7 heteroatoms. The first-order chi connectivity index (χ1) is 8.00. The van der Waals surface area contributed by atoms with Gasteiger partial charge in [0.15, 0.2) is 0 Å². The van der Waals surface area contributed by atoms with Crippen LogP contribution in [0.4, 0.5) is 11.5 Å². The van der Waals surface area contributed by atoms with Crippen LogP contribution in [0.2, 0.25) is 0 Å². The van der Waals surface area contributed by atoms with E-state index in [9.17, 15) is 10.1 Å². The summed E-state index contributed by atoms with van der Waals surface area (Å²) in [6, 6.07) is 0.152. The van der Waals surface area contributed by atoms with Crippen LogP contribution >= 0.6 is 15.9 Å². The predicted octanol–water partition coefficient (Wildman–Crippen LogP) is 1.60. The normalized spacial score (nSPS) is 19.7. The summed E-state index contributed by atoms with van der Waals surface area (Å²) < 4.78 is 0.681. The van der Waals surface area contributed by atoms with Crippen LogP contribution in [0.5, 0.6) is 0 Å². The van der Waals surface area contributed by atoms with Crippen LogP contribution in [0.25, 0.3) is 0 Å². The Morgan fingerprint density at radius 1 is 1.71 bits per heavy atom. The van der Waals surface area contributed by atoms with E-state index in [0.29, 0.717) is 10.0 Å². The minimum absolute atomic E-state index is 0.0316. The minimum Gasteiger partial charge on any atom is -0.354 e. The molecule has 0 radical (unpaired) electrons. The fraction of sp³-hybridized carbons (Fsp3) is 0.500. The lowest BCUT2D eigenvalue weighted by Gasteiger charge is -2.19. The molecule has 1 atom stereocenters. The number of rotatable bonds is 2. The first-order valence-electron chi connectivity index (χ1n) is 5.30. The summed E-state index contributed by atoms with van der Waals surface area (Å²) in [5.74, 6) is 0.737. The zero-order valence-electron chi connectivity index (χ0n) is 9.39. The Kier molecular flexibility index (Phi) is 3.30. The molecule has 1 saturated heterocycles. The molecule has 1 aliphatic heterocycles. The van der Waals surface area contributed by atoms with E-state index in [1.165, 1.54) is 6.20 Å². The van der Waals surface area contributed by atoms with Crippen LogP contribution in [0.3, 0.4) is 0 Å². The largest absolute Gasteiger partial charge is 0.354 e. The van der Waals surface area contributed by atoms with Gasteiger partial charge in [0.05, 0.1) is 9.40 Å². The Bertz CT molecular complexity index is 466. The van der Waals surface area contributed by atoms with E-state index in [-0.39, 0.29) is 11.7 Å². The van der Waals surface area contributed by atoms with Crippen molar-refractivity contribution in [3.63, 3.8) is 0 Å². The molecule has 0 aromatic carbocycles. The second-order valence-electron chi connectivity index (χ2n) is 4.16. The van der Waals surface area contributed by atoms with Crippen LogP contribution in [0, 0.1) is 17.0 Å². The number of nitrogens with two attached hydrogens (primary N) is 1. The Morgan fingerprint density at radius 3 is 2.94 bits per heavy atom. The molecule has 1 aromatic heterocycles. The molecule has 92 valence electrons.